The van der Waals surface area contributed by atoms with Gasteiger partial charge in [-0.15, -0.1) is 13.2 Å². The molecule has 0 saturated heterocycles. The zero-order chi connectivity index (χ0) is 10.8. The van der Waals surface area contributed by atoms with E-state index >= 15 is 0 Å². The van der Waals surface area contributed by atoms with Gasteiger partial charge in [0.15, 0.2) is 0 Å². The van der Waals surface area contributed by atoms with Crippen molar-refractivity contribution in [1.82, 2.24) is 4.98 Å². The molecule has 1 heterocycles. The number of pyridine rings is 1. The SMILES string of the molecule is COc1cnc(OC(F)(F)F)c(C)c1. The number of alkyl halides is 3. The Hall–Kier alpha value is -1.46. The Morgan fingerprint density at radius 2 is 2.00 bits per heavy atom. The van der Waals surface area contributed by atoms with Gasteiger partial charge in [-0.05, 0) is 13.0 Å². The second-order valence-electron chi connectivity index (χ2n) is 2.54. The lowest BCUT2D eigenvalue weighted by Crippen LogP contribution is -2.18. The smallest absolute Gasteiger partial charge is 0.495 e. The van der Waals surface area contributed by atoms with Crippen molar-refractivity contribution in [3.05, 3.63) is 17.8 Å². The maximum atomic E-state index is 11.8. The number of aryl methyl sites for hydroxylation is 1. The van der Waals surface area contributed by atoms with Crippen LogP contribution in [0.4, 0.5) is 13.2 Å². The Morgan fingerprint density at radius 3 is 2.43 bits per heavy atom. The van der Waals surface area contributed by atoms with E-state index in [1.165, 1.54) is 20.1 Å². The average Bonchev–Trinajstić information content (AvgIpc) is 2.06. The Labute approximate surface area is 78.5 Å². The lowest BCUT2D eigenvalue weighted by Gasteiger charge is -2.10. The summed E-state index contributed by atoms with van der Waals surface area (Å²) in [6, 6.07) is 1.41. The zero-order valence-electron chi connectivity index (χ0n) is 7.55. The molecule has 0 saturated carbocycles. The minimum atomic E-state index is -4.72. The third kappa shape index (κ3) is 2.79. The fraction of sp³-hybridized carbons (Fsp3) is 0.375. The summed E-state index contributed by atoms with van der Waals surface area (Å²) in [5.74, 6) is -0.0738. The molecule has 0 bridgehead atoms. The molecule has 0 aliphatic heterocycles. The van der Waals surface area contributed by atoms with Crippen molar-refractivity contribution < 1.29 is 22.6 Å². The first-order valence-corrected chi connectivity index (χ1v) is 3.69. The van der Waals surface area contributed by atoms with Crippen molar-refractivity contribution in [1.29, 1.82) is 0 Å². The van der Waals surface area contributed by atoms with Crippen LogP contribution in [0.2, 0.25) is 0 Å². The summed E-state index contributed by atoms with van der Waals surface area (Å²) < 4.78 is 43.9. The van der Waals surface area contributed by atoms with Gasteiger partial charge in [-0.3, -0.25) is 0 Å². The Balaban J connectivity index is 2.89. The van der Waals surface area contributed by atoms with Gasteiger partial charge in [0.1, 0.15) is 5.75 Å². The topological polar surface area (TPSA) is 31.4 Å². The maximum absolute atomic E-state index is 11.8. The highest BCUT2D eigenvalue weighted by molar-refractivity contribution is 5.32. The minimum Gasteiger partial charge on any atom is -0.495 e. The van der Waals surface area contributed by atoms with Gasteiger partial charge >= 0.3 is 6.36 Å². The molecule has 1 aromatic heterocycles. The van der Waals surface area contributed by atoms with Crippen molar-refractivity contribution in [2.24, 2.45) is 0 Å². The Morgan fingerprint density at radius 1 is 1.36 bits per heavy atom. The Kier molecular flexibility index (Phi) is 2.83. The first-order chi connectivity index (χ1) is 6.42. The van der Waals surface area contributed by atoms with Crippen LogP contribution in [0.15, 0.2) is 12.3 Å². The molecule has 14 heavy (non-hydrogen) atoms. The van der Waals surface area contributed by atoms with Crippen LogP contribution < -0.4 is 9.47 Å². The van der Waals surface area contributed by atoms with Crippen LogP contribution in [-0.4, -0.2) is 18.5 Å². The molecule has 6 heteroatoms. The second-order valence-corrected chi connectivity index (χ2v) is 2.54. The molecule has 0 fully saturated rings. The van der Waals surface area contributed by atoms with Crippen molar-refractivity contribution >= 4 is 0 Å². The van der Waals surface area contributed by atoms with E-state index in [-0.39, 0.29) is 5.56 Å². The number of nitrogens with zero attached hydrogens (tertiary/aromatic N) is 1. The lowest BCUT2D eigenvalue weighted by molar-refractivity contribution is -0.276. The summed E-state index contributed by atoms with van der Waals surface area (Å²) in [5, 5.41) is 0. The van der Waals surface area contributed by atoms with Gasteiger partial charge in [0.2, 0.25) is 5.88 Å². The molecule has 0 unspecified atom stereocenters. The van der Waals surface area contributed by atoms with Crippen LogP contribution in [-0.2, 0) is 0 Å². The summed E-state index contributed by atoms with van der Waals surface area (Å²) in [6.07, 6.45) is -3.56. The number of hydrogen-bond donors (Lipinski definition) is 0. The normalized spacial score (nSPS) is 11.2. The van der Waals surface area contributed by atoms with Gasteiger partial charge in [0.05, 0.1) is 13.3 Å². The molecule has 78 valence electrons. The second kappa shape index (κ2) is 3.73. The highest BCUT2D eigenvalue weighted by Crippen LogP contribution is 2.25. The first kappa shape index (κ1) is 10.6. The van der Waals surface area contributed by atoms with E-state index < -0.39 is 12.2 Å². The van der Waals surface area contributed by atoms with E-state index in [9.17, 15) is 13.2 Å². The Bertz CT molecular complexity index is 325. The van der Waals surface area contributed by atoms with Crippen molar-refractivity contribution in [3.63, 3.8) is 0 Å². The molecular weight excluding hydrogens is 199 g/mol. The van der Waals surface area contributed by atoms with E-state index in [0.717, 1.165) is 6.20 Å². The number of halogens is 3. The van der Waals surface area contributed by atoms with Gasteiger partial charge in [-0.2, -0.15) is 0 Å². The van der Waals surface area contributed by atoms with Gasteiger partial charge in [0, 0.05) is 5.56 Å². The molecule has 0 aliphatic carbocycles. The van der Waals surface area contributed by atoms with Crippen LogP contribution in [0.3, 0.4) is 0 Å². The molecule has 0 aliphatic rings. The van der Waals surface area contributed by atoms with E-state index in [0.29, 0.717) is 5.75 Å². The molecule has 1 aromatic rings. The number of hydrogen-bond acceptors (Lipinski definition) is 3. The minimum absolute atomic E-state index is 0.265. The fourth-order valence-electron chi connectivity index (χ4n) is 0.865. The van der Waals surface area contributed by atoms with Gasteiger partial charge in [-0.1, -0.05) is 0 Å². The van der Waals surface area contributed by atoms with E-state index in [1.54, 1.807) is 0 Å². The third-order valence-electron chi connectivity index (χ3n) is 1.45. The lowest BCUT2D eigenvalue weighted by atomic mass is 10.3. The molecule has 0 N–H and O–H groups in total. The molecule has 3 nitrogen and oxygen atoms in total. The summed E-state index contributed by atoms with van der Waals surface area (Å²) in [4.78, 5) is 3.47. The van der Waals surface area contributed by atoms with Crippen molar-refractivity contribution in [2.75, 3.05) is 7.11 Å². The van der Waals surface area contributed by atoms with Crippen LogP contribution in [0, 0.1) is 6.92 Å². The largest absolute Gasteiger partial charge is 0.574 e. The summed E-state index contributed by atoms with van der Waals surface area (Å²) in [7, 11) is 1.40. The number of methoxy groups -OCH3 is 1. The van der Waals surface area contributed by atoms with E-state index in [2.05, 4.69) is 9.72 Å². The van der Waals surface area contributed by atoms with E-state index in [4.69, 9.17) is 4.74 Å². The quantitative estimate of drug-likeness (QED) is 0.745. The summed E-state index contributed by atoms with van der Waals surface area (Å²) >= 11 is 0. The van der Waals surface area contributed by atoms with Crippen LogP contribution in [0.1, 0.15) is 5.56 Å². The molecule has 0 radical (unpaired) electrons. The van der Waals surface area contributed by atoms with Crippen LogP contribution in [0.25, 0.3) is 0 Å². The summed E-state index contributed by atoms with van der Waals surface area (Å²) in [6.45, 7) is 1.45. The van der Waals surface area contributed by atoms with Crippen molar-refractivity contribution in [2.45, 2.75) is 13.3 Å². The fourth-order valence-corrected chi connectivity index (χ4v) is 0.865. The predicted molar refractivity (Wildman–Crippen MR) is 42.2 cm³/mol. The molecule has 0 spiro atoms. The zero-order valence-corrected chi connectivity index (χ0v) is 7.55. The third-order valence-corrected chi connectivity index (χ3v) is 1.45. The van der Waals surface area contributed by atoms with Crippen molar-refractivity contribution in [3.8, 4) is 11.6 Å². The molecule has 0 atom stereocenters. The highest BCUT2D eigenvalue weighted by Gasteiger charge is 2.32. The maximum Gasteiger partial charge on any atom is 0.574 e. The van der Waals surface area contributed by atoms with Crippen LogP contribution >= 0.6 is 0 Å². The number of ether oxygens (including phenoxy) is 2. The number of rotatable bonds is 2. The van der Waals surface area contributed by atoms with Crippen LogP contribution in [0.5, 0.6) is 11.6 Å². The van der Waals surface area contributed by atoms with Gasteiger partial charge in [0.25, 0.3) is 0 Å². The van der Waals surface area contributed by atoms with Gasteiger partial charge < -0.3 is 9.47 Å². The van der Waals surface area contributed by atoms with Gasteiger partial charge in [-0.25, -0.2) is 4.98 Å². The number of aromatic nitrogens is 1. The molecule has 1 rings (SSSR count). The molecule has 0 aromatic carbocycles. The highest BCUT2D eigenvalue weighted by atomic mass is 19.4. The molecular formula is C8H8F3NO2. The first-order valence-electron chi connectivity index (χ1n) is 3.69. The summed E-state index contributed by atoms with van der Waals surface area (Å²) in [5.41, 5.74) is 0.265. The van der Waals surface area contributed by atoms with E-state index in [1.807, 2.05) is 0 Å². The predicted octanol–water partition coefficient (Wildman–Crippen LogP) is 2.30. The monoisotopic (exact) mass is 207 g/mol. The molecule has 0 amide bonds. The standard InChI is InChI=1S/C8H8F3NO2/c1-5-3-6(13-2)4-12-7(5)14-8(9,10)11/h3-4H,1-2H3. The average molecular weight is 207 g/mol.